The Morgan fingerprint density at radius 1 is 1.14 bits per heavy atom. The molecule has 0 radical (unpaired) electrons. The molecule has 2 heterocycles. The van der Waals surface area contributed by atoms with Crippen molar-refractivity contribution in [1.29, 1.82) is 0 Å². The van der Waals surface area contributed by atoms with Gasteiger partial charge in [-0.25, -0.2) is 14.5 Å². The highest BCUT2D eigenvalue weighted by Crippen LogP contribution is 2.33. The average molecular weight is 627 g/mol. The summed E-state index contributed by atoms with van der Waals surface area (Å²) in [7, 11) is 1.62. The van der Waals surface area contributed by atoms with Crippen LogP contribution in [0, 0.1) is 0 Å². The van der Waals surface area contributed by atoms with Crippen molar-refractivity contribution in [1.82, 2.24) is 25.0 Å². The van der Waals surface area contributed by atoms with E-state index in [9.17, 15) is 22.8 Å². The molecule has 1 aliphatic carbocycles. The van der Waals surface area contributed by atoms with Crippen molar-refractivity contribution in [2.45, 2.75) is 39.0 Å². The van der Waals surface area contributed by atoms with Crippen molar-refractivity contribution in [3.63, 3.8) is 0 Å². The number of nitrogens with zero attached hydrogens (tertiary/aromatic N) is 5. The van der Waals surface area contributed by atoms with E-state index in [1.54, 1.807) is 7.11 Å². The number of hydrogen-bond acceptors (Lipinski definition) is 7. The molecular formula is C30H29F3N6O4S. The van der Waals surface area contributed by atoms with E-state index in [0.717, 1.165) is 28.2 Å². The number of alkyl halides is 3. The summed E-state index contributed by atoms with van der Waals surface area (Å²) >= 11 is 1.24. The number of ether oxygens (including phenoxy) is 2. The van der Waals surface area contributed by atoms with Gasteiger partial charge in [0.05, 0.1) is 24.3 Å². The molecule has 5 rings (SSSR count). The van der Waals surface area contributed by atoms with Crippen molar-refractivity contribution in [3.05, 3.63) is 83.5 Å². The Bertz CT molecular complexity index is 1630. The van der Waals surface area contributed by atoms with Crippen LogP contribution in [0.4, 0.5) is 18.0 Å². The van der Waals surface area contributed by atoms with E-state index in [2.05, 4.69) is 25.1 Å². The second-order valence-electron chi connectivity index (χ2n) is 10.1. The van der Waals surface area contributed by atoms with Crippen LogP contribution in [-0.4, -0.2) is 62.5 Å². The third-order valence-electron chi connectivity index (χ3n) is 7.06. The molecule has 0 spiro atoms. The van der Waals surface area contributed by atoms with E-state index in [1.165, 1.54) is 51.9 Å². The number of thioether (sulfide) groups is 1. The summed E-state index contributed by atoms with van der Waals surface area (Å²) in [6, 6.07) is 12.3. The number of halogens is 3. The Kier molecular flexibility index (Phi) is 9.09. The van der Waals surface area contributed by atoms with Gasteiger partial charge in [-0.05, 0) is 60.7 Å². The normalized spacial score (nSPS) is 17.1. The van der Waals surface area contributed by atoms with Crippen LogP contribution in [0.5, 0.6) is 5.75 Å². The first-order chi connectivity index (χ1) is 21.0. The standard InChI is InChI=1S/C30H29F3N6O4S/c1-18-14-24(42-3)12-13-25(18)39-26(40)16-44-29(39)36-28(41)34-15-19(2)20-4-6-21(7-5-20)27-35-17-38(37-27)22-8-10-23(11-9-22)43-30(31,32)33/h4-11,14,17,19H,12-13,15-16H2,1-3H3,(H,34,41)/b36-29-. The summed E-state index contributed by atoms with van der Waals surface area (Å²) in [4.78, 5) is 35.4. The predicted octanol–water partition coefficient (Wildman–Crippen LogP) is 6.18. The van der Waals surface area contributed by atoms with E-state index in [-0.39, 0.29) is 23.3 Å². The number of benzene rings is 2. The molecule has 1 N–H and O–H groups in total. The number of rotatable bonds is 8. The third-order valence-corrected chi connectivity index (χ3v) is 7.98. The highest BCUT2D eigenvalue weighted by Gasteiger charge is 2.34. The van der Waals surface area contributed by atoms with Crippen molar-refractivity contribution in [3.8, 4) is 22.8 Å². The zero-order valence-electron chi connectivity index (χ0n) is 24.1. The number of amidine groups is 1. The SMILES string of the molecule is COC1=CC(C)=C(N2C(=O)CS/C2=N\C(=O)NCC(C)c2ccc(-c3ncn(-c4ccc(OC(F)(F)F)cc4)n3)cc2)CC1. The lowest BCUT2D eigenvalue weighted by Crippen LogP contribution is -2.32. The Hall–Kier alpha value is -4.59. The maximum absolute atomic E-state index is 12.7. The van der Waals surface area contributed by atoms with Gasteiger partial charge in [-0.2, -0.15) is 4.99 Å². The van der Waals surface area contributed by atoms with Gasteiger partial charge in [0.25, 0.3) is 0 Å². The molecule has 1 saturated heterocycles. The number of methoxy groups -OCH3 is 1. The van der Waals surface area contributed by atoms with Crippen LogP contribution in [0.25, 0.3) is 17.1 Å². The molecule has 0 bridgehead atoms. The number of urea groups is 1. The van der Waals surface area contributed by atoms with E-state index in [1.807, 2.05) is 44.2 Å². The first-order valence-electron chi connectivity index (χ1n) is 13.7. The van der Waals surface area contributed by atoms with E-state index in [4.69, 9.17) is 4.74 Å². The minimum Gasteiger partial charge on any atom is -0.501 e. The van der Waals surface area contributed by atoms with Gasteiger partial charge in [0.1, 0.15) is 12.1 Å². The molecule has 3 aromatic rings. The van der Waals surface area contributed by atoms with Gasteiger partial charge >= 0.3 is 12.4 Å². The number of amides is 3. The fraction of sp³-hybridized carbons (Fsp3) is 0.300. The summed E-state index contributed by atoms with van der Waals surface area (Å²) < 4.78 is 47.9. The fourth-order valence-electron chi connectivity index (χ4n) is 4.76. The quantitative estimate of drug-likeness (QED) is 0.318. The first-order valence-corrected chi connectivity index (χ1v) is 14.6. The lowest BCUT2D eigenvalue weighted by Gasteiger charge is -2.25. The molecule has 1 unspecified atom stereocenters. The Morgan fingerprint density at radius 2 is 1.86 bits per heavy atom. The molecule has 14 heteroatoms. The second-order valence-corrected chi connectivity index (χ2v) is 11.1. The monoisotopic (exact) mass is 626 g/mol. The number of aromatic nitrogens is 3. The van der Waals surface area contributed by atoms with Gasteiger partial charge in [0.15, 0.2) is 11.0 Å². The highest BCUT2D eigenvalue weighted by molar-refractivity contribution is 8.15. The molecule has 1 aliphatic heterocycles. The molecule has 1 fully saturated rings. The highest BCUT2D eigenvalue weighted by atomic mass is 32.2. The van der Waals surface area contributed by atoms with Crippen molar-refractivity contribution in [2.24, 2.45) is 4.99 Å². The summed E-state index contributed by atoms with van der Waals surface area (Å²) in [5.41, 5.74) is 3.97. The van der Waals surface area contributed by atoms with Gasteiger partial charge < -0.3 is 14.8 Å². The van der Waals surface area contributed by atoms with Gasteiger partial charge in [-0.15, -0.1) is 18.3 Å². The molecule has 2 aliphatic rings. The number of carbonyl (C=O) groups is 2. The zero-order valence-corrected chi connectivity index (χ0v) is 24.9. The van der Waals surface area contributed by atoms with Gasteiger partial charge in [0.2, 0.25) is 5.91 Å². The lowest BCUT2D eigenvalue weighted by molar-refractivity contribution is -0.274. The number of nitrogens with one attached hydrogen (secondary N) is 1. The molecule has 3 amide bonds. The van der Waals surface area contributed by atoms with E-state index < -0.39 is 12.4 Å². The van der Waals surface area contributed by atoms with Crippen LogP contribution < -0.4 is 10.1 Å². The molecule has 1 atom stereocenters. The summed E-state index contributed by atoms with van der Waals surface area (Å²) in [6.45, 7) is 4.21. The number of carbonyl (C=O) groups excluding carboxylic acids is 2. The summed E-state index contributed by atoms with van der Waals surface area (Å²) in [5.74, 6) is 1.05. The molecule has 0 saturated carbocycles. The smallest absolute Gasteiger partial charge is 0.501 e. The first kappa shape index (κ1) is 30.9. The molecule has 2 aromatic carbocycles. The second kappa shape index (κ2) is 13.0. The molecule has 44 heavy (non-hydrogen) atoms. The van der Waals surface area contributed by atoms with Crippen LogP contribution in [0.1, 0.15) is 38.2 Å². The van der Waals surface area contributed by atoms with Gasteiger partial charge in [-0.3, -0.25) is 9.69 Å². The van der Waals surface area contributed by atoms with Gasteiger partial charge in [-0.1, -0.05) is 43.0 Å². The fourth-order valence-corrected chi connectivity index (χ4v) is 5.63. The van der Waals surface area contributed by atoms with Crippen molar-refractivity contribution in [2.75, 3.05) is 19.4 Å². The maximum atomic E-state index is 12.7. The Labute approximate surface area is 255 Å². The topological polar surface area (TPSA) is 111 Å². The summed E-state index contributed by atoms with van der Waals surface area (Å²) in [5, 5.41) is 7.62. The van der Waals surface area contributed by atoms with Crippen molar-refractivity contribution >= 4 is 28.9 Å². The lowest BCUT2D eigenvalue weighted by atomic mass is 10.00. The minimum atomic E-state index is -4.76. The Balaban J connectivity index is 1.18. The third kappa shape index (κ3) is 7.30. The van der Waals surface area contributed by atoms with E-state index in [0.29, 0.717) is 36.1 Å². The largest absolute Gasteiger partial charge is 0.573 e. The van der Waals surface area contributed by atoms with Crippen molar-refractivity contribution < 1.29 is 32.2 Å². The zero-order chi connectivity index (χ0) is 31.4. The Morgan fingerprint density at radius 3 is 2.52 bits per heavy atom. The number of hydrogen-bond donors (Lipinski definition) is 1. The van der Waals surface area contributed by atoms with Crippen LogP contribution >= 0.6 is 11.8 Å². The average Bonchev–Trinajstić information content (AvgIpc) is 3.63. The molecule has 10 nitrogen and oxygen atoms in total. The van der Waals surface area contributed by atoms with Crippen LogP contribution in [0.15, 0.2) is 83.0 Å². The van der Waals surface area contributed by atoms with Crippen LogP contribution in [-0.2, 0) is 9.53 Å². The minimum absolute atomic E-state index is 0.0361. The molecule has 1 aromatic heterocycles. The molecular weight excluding hydrogens is 597 g/mol. The molecule has 230 valence electrons. The van der Waals surface area contributed by atoms with Gasteiger partial charge in [0, 0.05) is 24.2 Å². The summed E-state index contributed by atoms with van der Waals surface area (Å²) in [6.07, 6.45) is -0.0955. The number of allylic oxidation sites excluding steroid dienone is 4. The predicted molar refractivity (Wildman–Crippen MR) is 159 cm³/mol. The van der Waals surface area contributed by atoms with E-state index >= 15 is 0 Å². The van der Waals surface area contributed by atoms with Crippen LogP contribution in [0.2, 0.25) is 0 Å². The maximum Gasteiger partial charge on any atom is 0.573 e. The number of aliphatic imine (C=N–C) groups is 1. The van der Waals surface area contributed by atoms with Crippen LogP contribution in [0.3, 0.4) is 0 Å².